The van der Waals surface area contributed by atoms with Gasteiger partial charge in [-0.05, 0) is 37.3 Å². The first-order valence-corrected chi connectivity index (χ1v) is 9.24. The monoisotopic (exact) mass is 322 g/mol. The predicted molar refractivity (Wildman–Crippen MR) is 92.4 cm³/mol. The van der Waals surface area contributed by atoms with Gasteiger partial charge in [-0.25, -0.2) is 0 Å². The molecular weight excluding hydrogens is 296 g/mol. The van der Waals surface area contributed by atoms with Gasteiger partial charge in [0.1, 0.15) is 0 Å². The predicted octanol–water partition coefficient (Wildman–Crippen LogP) is 2.97. The van der Waals surface area contributed by atoms with E-state index >= 15 is 0 Å². The van der Waals surface area contributed by atoms with Crippen LogP contribution in [0.5, 0.6) is 0 Å². The summed E-state index contributed by atoms with van der Waals surface area (Å²) in [7, 11) is 0. The maximum atomic E-state index is 12.3. The molecule has 2 N–H and O–H groups in total. The molecule has 0 spiro atoms. The van der Waals surface area contributed by atoms with Gasteiger partial charge in [0, 0.05) is 23.2 Å². The molecule has 5 heteroatoms. The first-order chi connectivity index (χ1) is 10.7. The summed E-state index contributed by atoms with van der Waals surface area (Å²) in [5.74, 6) is -0.00252. The number of rotatable bonds is 7. The molecule has 0 aliphatic heterocycles. The van der Waals surface area contributed by atoms with Gasteiger partial charge in [0.2, 0.25) is 5.91 Å². The molecule has 0 radical (unpaired) electrons. The molecule has 1 aliphatic rings. The number of amides is 1. The molecule has 4 nitrogen and oxygen atoms in total. The van der Waals surface area contributed by atoms with E-state index in [-0.39, 0.29) is 12.5 Å². The van der Waals surface area contributed by atoms with Crippen LogP contribution in [0.25, 0.3) is 0 Å². The minimum atomic E-state index is -0.00252. The Hall–Kier alpha value is -1.04. The van der Waals surface area contributed by atoms with Crippen LogP contribution in [0.15, 0.2) is 29.2 Å². The van der Waals surface area contributed by atoms with E-state index in [1.165, 1.54) is 19.3 Å². The van der Waals surface area contributed by atoms with Crippen LogP contribution in [0, 0.1) is 0 Å². The number of anilines is 1. The summed E-state index contributed by atoms with van der Waals surface area (Å²) in [6.45, 7) is 1.03. The molecule has 122 valence electrons. The van der Waals surface area contributed by atoms with Crippen molar-refractivity contribution in [2.45, 2.75) is 43.0 Å². The standard InChI is InChI=1S/C17H26N2O2S/c1-22-16-9-5-6-14(12-16)18-17(21)13-19(10-11-20)15-7-3-2-4-8-15/h5-6,9,12,15,20H,2-4,7-8,10-11,13H2,1H3,(H,18,21). The van der Waals surface area contributed by atoms with Crippen molar-refractivity contribution >= 4 is 23.4 Å². The zero-order valence-corrected chi connectivity index (χ0v) is 14.1. The topological polar surface area (TPSA) is 52.6 Å². The summed E-state index contributed by atoms with van der Waals surface area (Å²) in [6, 6.07) is 8.31. The average Bonchev–Trinajstić information content (AvgIpc) is 2.55. The Morgan fingerprint density at radius 1 is 1.36 bits per heavy atom. The SMILES string of the molecule is CSc1cccc(NC(=O)CN(CCO)C2CCCCC2)c1. The number of thioether (sulfide) groups is 1. The zero-order chi connectivity index (χ0) is 15.8. The second-order valence-electron chi connectivity index (χ2n) is 5.77. The summed E-state index contributed by atoms with van der Waals surface area (Å²) in [5, 5.41) is 12.2. The number of benzene rings is 1. The molecule has 1 fully saturated rings. The maximum Gasteiger partial charge on any atom is 0.238 e. The van der Waals surface area contributed by atoms with Gasteiger partial charge >= 0.3 is 0 Å². The molecule has 0 saturated heterocycles. The van der Waals surface area contributed by atoms with Gasteiger partial charge in [0.05, 0.1) is 13.2 Å². The number of nitrogens with zero attached hydrogens (tertiary/aromatic N) is 1. The number of hydrogen-bond acceptors (Lipinski definition) is 4. The van der Waals surface area contributed by atoms with Crippen LogP contribution in [-0.2, 0) is 4.79 Å². The van der Waals surface area contributed by atoms with Crippen molar-refractivity contribution in [3.63, 3.8) is 0 Å². The molecule has 0 unspecified atom stereocenters. The van der Waals surface area contributed by atoms with Crippen molar-refractivity contribution in [3.8, 4) is 0 Å². The van der Waals surface area contributed by atoms with E-state index in [9.17, 15) is 9.90 Å². The van der Waals surface area contributed by atoms with E-state index in [0.717, 1.165) is 23.4 Å². The normalized spacial score (nSPS) is 16.0. The first-order valence-electron chi connectivity index (χ1n) is 8.01. The highest BCUT2D eigenvalue weighted by Gasteiger charge is 2.22. The van der Waals surface area contributed by atoms with E-state index in [2.05, 4.69) is 10.2 Å². The number of hydrogen-bond donors (Lipinski definition) is 2. The molecular formula is C17H26N2O2S. The molecule has 1 aliphatic carbocycles. The third-order valence-electron chi connectivity index (χ3n) is 4.18. The van der Waals surface area contributed by atoms with Crippen molar-refractivity contribution < 1.29 is 9.90 Å². The van der Waals surface area contributed by atoms with Gasteiger partial charge in [0.25, 0.3) is 0 Å². The number of carbonyl (C=O) groups is 1. The Labute approximate surface area is 137 Å². The molecule has 2 rings (SSSR count). The molecule has 0 heterocycles. The van der Waals surface area contributed by atoms with E-state index < -0.39 is 0 Å². The van der Waals surface area contributed by atoms with Crippen LogP contribution < -0.4 is 5.32 Å². The molecule has 1 amide bonds. The third-order valence-corrected chi connectivity index (χ3v) is 4.90. The Kier molecular flexibility index (Phi) is 7.22. The Morgan fingerprint density at radius 3 is 2.82 bits per heavy atom. The van der Waals surface area contributed by atoms with Crippen LogP contribution >= 0.6 is 11.8 Å². The van der Waals surface area contributed by atoms with Crippen LogP contribution in [0.4, 0.5) is 5.69 Å². The highest BCUT2D eigenvalue weighted by atomic mass is 32.2. The van der Waals surface area contributed by atoms with Gasteiger partial charge in [-0.3, -0.25) is 9.69 Å². The fraction of sp³-hybridized carbons (Fsp3) is 0.588. The molecule has 22 heavy (non-hydrogen) atoms. The van der Waals surface area contributed by atoms with Gasteiger partial charge in [-0.2, -0.15) is 0 Å². The lowest BCUT2D eigenvalue weighted by molar-refractivity contribution is -0.118. The minimum Gasteiger partial charge on any atom is -0.395 e. The molecule has 1 aromatic rings. The van der Waals surface area contributed by atoms with Crippen molar-refractivity contribution in [1.82, 2.24) is 4.90 Å². The van der Waals surface area contributed by atoms with Crippen molar-refractivity contribution in [2.24, 2.45) is 0 Å². The number of nitrogens with one attached hydrogen (secondary N) is 1. The molecule has 1 aromatic carbocycles. The molecule has 0 atom stereocenters. The first kappa shape index (κ1) is 17.3. The Morgan fingerprint density at radius 2 is 2.14 bits per heavy atom. The number of aliphatic hydroxyl groups is 1. The summed E-state index contributed by atoms with van der Waals surface area (Å²) >= 11 is 1.66. The summed E-state index contributed by atoms with van der Waals surface area (Å²) in [6.07, 6.45) is 8.03. The Bertz CT molecular complexity index is 475. The van der Waals surface area contributed by atoms with Gasteiger partial charge < -0.3 is 10.4 Å². The third kappa shape index (κ3) is 5.30. The lowest BCUT2D eigenvalue weighted by Gasteiger charge is -2.33. The Balaban J connectivity index is 1.92. The smallest absolute Gasteiger partial charge is 0.238 e. The van der Waals surface area contributed by atoms with Crippen LogP contribution in [-0.4, -0.2) is 47.9 Å². The summed E-state index contributed by atoms with van der Waals surface area (Å²) in [4.78, 5) is 15.6. The van der Waals surface area contributed by atoms with E-state index in [1.54, 1.807) is 11.8 Å². The number of carbonyl (C=O) groups excluding carboxylic acids is 1. The maximum absolute atomic E-state index is 12.3. The van der Waals surface area contributed by atoms with Crippen LogP contribution in [0.1, 0.15) is 32.1 Å². The quantitative estimate of drug-likeness (QED) is 0.758. The summed E-state index contributed by atoms with van der Waals surface area (Å²) in [5.41, 5.74) is 0.837. The average molecular weight is 322 g/mol. The summed E-state index contributed by atoms with van der Waals surface area (Å²) < 4.78 is 0. The van der Waals surface area contributed by atoms with Crippen LogP contribution in [0.2, 0.25) is 0 Å². The van der Waals surface area contributed by atoms with Crippen LogP contribution in [0.3, 0.4) is 0 Å². The van der Waals surface area contributed by atoms with Crippen molar-refractivity contribution in [2.75, 3.05) is 31.3 Å². The second-order valence-corrected chi connectivity index (χ2v) is 6.65. The van der Waals surface area contributed by atoms with Gasteiger partial charge in [-0.1, -0.05) is 25.3 Å². The van der Waals surface area contributed by atoms with Crippen molar-refractivity contribution in [3.05, 3.63) is 24.3 Å². The lowest BCUT2D eigenvalue weighted by Crippen LogP contribution is -2.43. The van der Waals surface area contributed by atoms with E-state index in [4.69, 9.17) is 0 Å². The number of aliphatic hydroxyl groups excluding tert-OH is 1. The largest absolute Gasteiger partial charge is 0.395 e. The fourth-order valence-corrected chi connectivity index (χ4v) is 3.51. The molecule has 0 bridgehead atoms. The highest BCUT2D eigenvalue weighted by Crippen LogP contribution is 2.23. The zero-order valence-electron chi connectivity index (χ0n) is 13.3. The second kappa shape index (κ2) is 9.18. The van der Waals surface area contributed by atoms with E-state index in [1.807, 2.05) is 30.5 Å². The molecule has 0 aromatic heterocycles. The van der Waals surface area contributed by atoms with Gasteiger partial charge in [-0.15, -0.1) is 11.8 Å². The van der Waals surface area contributed by atoms with Gasteiger partial charge in [0.15, 0.2) is 0 Å². The lowest BCUT2D eigenvalue weighted by atomic mass is 9.94. The fourth-order valence-electron chi connectivity index (χ4n) is 3.05. The van der Waals surface area contributed by atoms with Crippen molar-refractivity contribution in [1.29, 1.82) is 0 Å². The minimum absolute atomic E-state index is 0.00252. The highest BCUT2D eigenvalue weighted by molar-refractivity contribution is 7.98. The van der Waals surface area contributed by atoms with E-state index in [0.29, 0.717) is 19.1 Å². The molecule has 1 saturated carbocycles.